The molecule has 1 aliphatic rings. The van der Waals surface area contributed by atoms with Crippen molar-refractivity contribution >= 4 is 28.8 Å². The number of amides is 2. The van der Waals surface area contributed by atoms with Crippen LogP contribution in [0.5, 0.6) is 0 Å². The van der Waals surface area contributed by atoms with Gasteiger partial charge in [-0.2, -0.15) is 0 Å². The van der Waals surface area contributed by atoms with E-state index in [2.05, 4.69) is 27.7 Å². The molecule has 138 valence electrons. The number of nitrogens with zero attached hydrogens (tertiary/aromatic N) is 2. The third-order valence-corrected chi connectivity index (χ3v) is 5.07. The molecule has 2 amide bonds. The molecule has 1 aromatic heterocycles. The lowest BCUT2D eigenvalue weighted by Crippen LogP contribution is -2.40. The van der Waals surface area contributed by atoms with Crippen LogP contribution in [-0.2, 0) is 9.59 Å². The third kappa shape index (κ3) is 4.51. The van der Waals surface area contributed by atoms with Gasteiger partial charge in [-0.15, -0.1) is 11.3 Å². The average Bonchev–Trinajstić information content (AvgIpc) is 3.12. The Kier molecular flexibility index (Phi) is 6.44. The topological polar surface area (TPSA) is 40.6 Å². The van der Waals surface area contributed by atoms with E-state index in [1.54, 1.807) is 11.3 Å². The lowest BCUT2D eigenvalue weighted by Gasteiger charge is -2.29. The molecule has 0 saturated heterocycles. The first kappa shape index (κ1) is 19.7. The van der Waals surface area contributed by atoms with Crippen LogP contribution in [0.2, 0.25) is 0 Å². The van der Waals surface area contributed by atoms with Gasteiger partial charge >= 0.3 is 0 Å². The normalized spacial score (nSPS) is 15.2. The smallest absolute Gasteiger partial charge is 0.252 e. The van der Waals surface area contributed by atoms with Crippen LogP contribution in [0.1, 0.15) is 52.8 Å². The first-order chi connectivity index (χ1) is 11.7. The summed E-state index contributed by atoms with van der Waals surface area (Å²) >= 11 is 1.59. The molecule has 4 nitrogen and oxygen atoms in total. The lowest BCUT2D eigenvalue weighted by molar-refractivity contribution is -0.131. The summed E-state index contributed by atoms with van der Waals surface area (Å²) in [5.74, 6) is 0.784. The largest absolute Gasteiger partial charge is 0.336 e. The van der Waals surface area contributed by atoms with Crippen molar-refractivity contribution in [3.63, 3.8) is 0 Å². The highest BCUT2D eigenvalue weighted by molar-refractivity contribution is 7.11. The molecular weight excluding hydrogens is 332 g/mol. The molecule has 5 heteroatoms. The van der Waals surface area contributed by atoms with Crippen molar-refractivity contribution in [2.75, 3.05) is 13.1 Å². The molecule has 0 unspecified atom stereocenters. The summed E-state index contributed by atoms with van der Waals surface area (Å²) in [5.41, 5.74) is 1.48. The fraction of sp³-hybridized carbons (Fsp3) is 0.600. The van der Waals surface area contributed by atoms with Crippen molar-refractivity contribution in [3.05, 3.63) is 28.0 Å². The van der Waals surface area contributed by atoms with Crippen LogP contribution in [0.25, 0.3) is 5.70 Å². The quantitative estimate of drug-likeness (QED) is 0.728. The van der Waals surface area contributed by atoms with Gasteiger partial charge in [0.15, 0.2) is 0 Å². The molecule has 0 atom stereocenters. The summed E-state index contributed by atoms with van der Waals surface area (Å²) in [7, 11) is 0. The van der Waals surface area contributed by atoms with Crippen LogP contribution in [0, 0.1) is 11.8 Å². The van der Waals surface area contributed by atoms with E-state index in [1.165, 1.54) is 0 Å². The Balaban J connectivity index is 2.47. The van der Waals surface area contributed by atoms with Crippen LogP contribution >= 0.6 is 11.3 Å². The molecule has 0 fully saturated rings. The van der Waals surface area contributed by atoms with Gasteiger partial charge in [-0.05, 0) is 37.1 Å². The van der Waals surface area contributed by atoms with Gasteiger partial charge < -0.3 is 9.80 Å². The highest BCUT2D eigenvalue weighted by Gasteiger charge is 2.37. The molecule has 0 aromatic carbocycles. The predicted molar refractivity (Wildman–Crippen MR) is 104 cm³/mol. The third-order valence-electron chi connectivity index (χ3n) is 4.19. The first-order valence-corrected chi connectivity index (χ1v) is 9.98. The zero-order valence-electron chi connectivity index (χ0n) is 16.2. The Hall–Kier alpha value is -1.62. The van der Waals surface area contributed by atoms with Crippen LogP contribution in [0.15, 0.2) is 23.1 Å². The van der Waals surface area contributed by atoms with Crippen molar-refractivity contribution in [3.8, 4) is 0 Å². The molecule has 0 N–H and O–H groups in total. The number of carbonyl (C=O) groups is 2. The standard InChI is InChI=1S/C20H30N2O2S/c1-13(2)11-21(15(5)6)20(24)16-10-18(23)22(12-14(3)4)19(16)17-8-7-9-25-17/h7-9,13-15H,10-12H2,1-6H3. The first-order valence-electron chi connectivity index (χ1n) is 9.10. The minimum Gasteiger partial charge on any atom is -0.336 e. The molecular formula is C20H30N2O2S. The summed E-state index contributed by atoms with van der Waals surface area (Å²) in [6.07, 6.45) is 0.208. The highest BCUT2D eigenvalue weighted by atomic mass is 32.1. The fourth-order valence-corrected chi connectivity index (χ4v) is 3.95. The monoisotopic (exact) mass is 362 g/mol. The maximum atomic E-state index is 13.3. The molecule has 0 aliphatic carbocycles. The molecule has 0 bridgehead atoms. The summed E-state index contributed by atoms with van der Waals surface area (Å²) < 4.78 is 0. The fourth-order valence-electron chi connectivity index (χ4n) is 3.14. The molecule has 1 aromatic rings. The number of carbonyl (C=O) groups excluding carboxylic acids is 2. The minimum absolute atomic E-state index is 0.00621. The Morgan fingerprint density at radius 1 is 1.20 bits per heavy atom. The van der Waals surface area contributed by atoms with Gasteiger partial charge in [0, 0.05) is 19.1 Å². The average molecular weight is 363 g/mol. The molecule has 25 heavy (non-hydrogen) atoms. The van der Waals surface area contributed by atoms with E-state index in [4.69, 9.17) is 0 Å². The van der Waals surface area contributed by atoms with Gasteiger partial charge in [-0.1, -0.05) is 33.8 Å². The van der Waals surface area contributed by atoms with Gasteiger partial charge in [0.2, 0.25) is 5.91 Å². The summed E-state index contributed by atoms with van der Waals surface area (Å²) in [4.78, 5) is 30.7. The van der Waals surface area contributed by atoms with Crippen molar-refractivity contribution in [1.82, 2.24) is 9.80 Å². The molecule has 1 aliphatic heterocycles. The second kappa shape index (κ2) is 8.17. The molecule has 0 spiro atoms. The molecule has 0 radical (unpaired) electrons. The van der Waals surface area contributed by atoms with Crippen molar-refractivity contribution in [2.24, 2.45) is 11.8 Å². The minimum atomic E-state index is 0.00621. The van der Waals surface area contributed by atoms with E-state index in [9.17, 15) is 9.59 Å². The van der Waals surface area contributed by atoms with Crippen LogP contribution < -0.4 is 0 Å². The summed E-state index contributed by atoms with van der Waals surface area (Å²) in [6, 6.07) is 4.09. The van der Waals surface area contributed by atoms with E-state index in [-0.39, 0.29) is 24.3 Å². The van der Waals surface area contributed by atoms with Crippen LogP contribution in [0.4, 0.5) is 0 Å². The number of hydrogen-bond acceptors (Lipinski definition) is 3. The van der Waals surface area contributed by atoms with Gasteiger partial charge in [0.25, 0.3) is 5.91 Å². The van der Waals surface area contributed by atoms with E-state index < -0.39 is 0 Å². The Morgan fingerprint density at radius 3 is 2.36 bits per heavy atom. The van der Waals surface area contributed by atoms with E-state index in [1.807, 2.05) is 41.2 Å². The highest BCUT2D eigenvalue weighted by Crippen LogP contribution is 2.36. The number of rotatable bonds is 7. The van der Waals surface area contributed by atoms with E-state index in [0.717, 1.165) is 10.6 Å². The van der Waals surface area contributed by atoms with E-state index >= 15 is 0 Å². The number of thiophene rings is 1. The zero-order chi connectivity index (χ0) is 18.7. The SMILES string of the molecule is CC(C)CN1C(=O)CC(C(=O)N(CC(C)C)C(C)C)=C1c1cccs1. The Labute approximate surface area is 155 Å². The maximum absolute atomic E-state index is 13.3. The van der Waals surface area contributed by atoms with Crippen molar-refractivity contribution in [1.29, 1.82) is 0 Å². The molecule has 2 rings (SSSR count). The molecule has 2 heterocycles. The van der Waals surface area contributed by atoms with Crippen molar-refractivity contribution < 1.29 is 9.59 Å². The summed E-state index contributed by atoms with van der Waals surface area (Å²) in [5, 5.41) is 2.00. The second-order valence-corrected chi connectivity index (χ2v) is 8.77. The zero-order valence-corrected chi connectivity index (χ0v) is 17.0. The van der Waals surface area contributed by atoms with Gasteiger partial charge in [0.1, 0.15) is 0 Å². The van der Waals surface area contributed by atoms with Crippen LogP contribution in [-0.4, -0.2) is 40.7 Å². The predicted octanol–water partition coefficient (Wildman–Crippen LogP) is 4.24. The van der Waals surface area contributed by atoms with Gasteiger partial charge in [0.05, 0.1) is 22.6 Å². The lowest BCUT2D eigenvalue weighted by atomic mass is 10.1. The number of hydrogen-bond donors (Lipinski definition) is 0. The van der Waals surface area contributed by atoms with Gasteiger partial charge in [-0.25, -0.2) is 0 Å². The second-order valence-electron chi connectivity index (χ2n) is 7.82. The Bertz CT molecular complexity index is 645. The summed E-state index contributed by atoms with van der Waals surface area (Å²) in [6.45, 7) is 13.8. The van der Waals surface area contributed by atoms with Crippen molar-refractivity contribution in [2.45, 2.75) is 54.0 Å². The Morgan fingerprint density at radius 2 is 1.88 bits per heavy atom. The molecule has 0 saturated carbocycles. The maximum Gasteiger partial charge on any atom is 0.252 e. The van der Waals surface area contributed by atoms with Crippen LogP contribution in [0.3, 0.4) is 0 Å². The van der Waals surface area contributed by atoms with E-state index in [0.29, 0.717) is 30.5 Å². The van der Waals surface area contributed by atoms with Gasteiger partial charge in [-0.3, -0.25) is 9.59 Å².